The topological polar surface area (TPSA) is 12.0 Å². The van der Waals surface area contributed by atoms with Crippen molar-refractivity contribution in [3.8, 4) is 0 Å². The monoisotopic (exact) mass is 243 g/mol. The van der Waals surface area contributed by atoms with Crippen LogP contribution in [0.2, 0.25) is 0 Å². The van der Waals surface area contributed by atoms with E-state index in [4.69, 9.17) is 0 Å². The van der Waals surface area contributed by atoms with Crippen molar-refractivity contribution < 1.29 is 0 Å². The number of benzene rings is 2. The molecule has 2 rings (SSSR count). The normalized spacial score (nSPS) is 10.2. The fraction of sp³-hybridized carbons (Fsp3) is 0.200. The molecule has 0 aliphatic carbocycles. The first kappa shape index (κ1) is 12.1. The van der Waals surface area contributed by atoms with E-state index >= 15 is 0 Å². The maximum atomic E-state index is 3.46. The SMILES string of the molecule is CSc1ccc(CNc2ccccc2C)cc1. The number of anilines is 1. The Morgan fingerprint density at radius 1 is 1.00 bits per heavy atom. The molecule has 0 spiro atoms. The Kier molecular flexibility index (Phi) is 4.10. The number of hydrogen-bond acceptors (Lipinski definition) is 2. The Bertz CT molecular complexity index is 477. The van der Waals surface area contributed by atoms with Gasteiger partial charge in [-0.1, -0.05) is 30.3 Å². The average Bonchev–Trinajstić information content (AvgIpc) is 2.38. The second-order valence-corrected chi connectivity index (χ2v) is 4.90. The summed E-state index contributed by atoms with van der Waals surface area (Å²) < 4.78 is 0. The van der Waals surface area contributed by atoms with Gasteiger partial charge >= 0.3 is 0 Å². The minimum Gasteiger partial charge on any atom is -0.381 e. The number of thioether (sulfide) groups is 1. The van der Waals surface area contributed by atoms with E-state index in [-0.39, 0.29) is 0 Å². The molecule has 2 aromatic carbocycles. The highest BCUT2D eigenvalue weighted by atomic mass is 32.2. The van der Waals surface area contributed by atoms with Crippen molar-refractivity contribution in [1.29, 1.82) is 0 Å². The van der Waals surface area contributed by atoms with Gasteiger partial charge in [-0.15, -0.1) is 11.8 Å². The fourth-order valence-electron chi connectivity index (χ4n) is 1.71. The van der Waals surface area contributed by atoms with Gasteiger partial charge in [0.15, 0.2) is 0 Å². The summed E-state index contributed by atoms with van der Waals surface area (Å²) in [6.07, 6.45) is 2.10. The molecule has 0 amide bonds. The number of rotatable bonds is 4. The lowest BCUT2D eigenvalue weighted by molar-refractivity contribution is 1.13. The van der Waals surface area contributed by atoms with Crippen LogP contribution in [0.4, 0.5) is 5.69 Å². The van der Waals surface area contributed by atoms with Crippen LogP contribution >= 0.6 is 11.8 Å². The Morgan fingerprint density at radius 2 is 1.71 bits per heavy atom. The number of hydrogen-bond donors (Lipinski definition) is 1. The van der Waals surface area contributed by atoms with Crippen LogP contribution in [-0.2, 0) is 6.54 Å². The van der Waals surface area contributed by atoms with Gasteiger partial charge in [-0.25, -0.2) is 0 Å². The van der Waals surface area contributed by atoms with E-state index in [1.165, 1.54) is 21.7 Å². The Labute approximate surface area is 107 Å². The van der Waals surface area contributed by atoms with Crippen LogP contribution < -0.4 is 5.32 Å². The van der Waals surface area contributed by atoms with E-state index < -0.39 is 0 Å². The highest BCUT2D eigenvalue weighted by Gasteiger charge is 1.97. The summed E-state index contributed by atoms with van der Waals surface area (Å²) in [7, 11) is 0. The lowest BCUT2D eigenvalue weighted by Gasteiger charge is -2.09. The van der Waals surface area contributed by atoms with E-state index in [1.807, 2.05) is 0 Å². The second-order valence-electron chi connectivity index (χ2n) is 4.02. The summed E-state index contributed by atoms with van der Waals surface area (Å²) in [5.41, 5.74) is 3.81. The van der Waals surface area contributed by atoms with Crippen molar-refractivity contribution in [2.75, 3.05) is 11.6 Å². The fourth-order valence-corrected chi connectivity index (χ4v) is 2.12. The third kappa shape index (κ3) is 3.27. The van der Waals surface area contributed by atoms with Gasteiger partial charge in [0.2, 0.25) is 0 Å². The van der Waals surface area contributed by atoms with E-state index in [0.717, 1.165) is 6.54 Å². The van der Waals surface area contributed by atoms with E-state index in [0.29, 0.717) is 0 Å². The smallest absolute Gasteiger partial charge is 0.0400 e. The molecule has 0 unspecified atom stereocenters. The predicted octanol–water partition coefficient (Wildman–Crippen LogP) is 4.33. The van der Waals surface area contributed by atoms with Crippen molar-refractivity contribution >= 4 is 17.4 Å². The zero-order valence-corrected chi connectivity index (χ0v) is 11.1. The van der Waals surface area contributed by atoms with E-state index in [2.05, 4.69) is 67.0 Å². The summed E-state index contributed by atoms with van der Waals surface area (Å²) >= 11 is 1.77. The quantitative estimate of drug-likeness (QED) is 0.802. The average molecular weight is 243 g/mol. The Hall–Kier alpha value is -1.41. The largest absolute Gasteiger partial charge is 0.381 e. The molecule has 1 nitrogen and oxygen atoms in total. The van der Waals surface area contributed by atoms with Gasteiger partial charge in [-0.05, 0) is 42.5 Å². The summed E-state index contributed by atoms with van der Waals surface area (Å²) in [4.78, 5) is 1.31. The lowest BCUT2D eigenvalue weighted by atomic mass is 10.2. The Balaban J connectivity index is 2.00. The van der Waals surface area contributed by atoms with Gasteiger partial charge in [-0.2, -0.15) is 0 Å². The third-order valence-corrected chi connectivity index (χ3v) is 3.53. The van der Waals surface area contributed by atoms with E-state index in [9.17, 15) is 0 Å². The van der Waals surface area contributed by atoms with Crippen LogP contribution in [0.5, 0.6) is 0 Å². The van der Waals surface area contributed by atoms with Crippen molar-refractivity contribution in [1.82, 2.24) is 0 Å². The van der Waals surface area contributed by atoms with Crippen LogP contribution in [0.1, 0.15) is 11.1 Å². The van der Waals surface area contributed by atoms with Gasteiger partial charge in [0.1, 0.15) is 0 Å². The third-order valence-electron chi connectivity index (χ3n) is 2.79. The minimum absolute atomic E-state index is 0.875. The summed E-state index contributed by atoms with van der Waals surface area (Å²) in [5, 5.41) is 3.46. The molecule has 0 aliphatic heterocycles. The van der Waals surface area contributed by atoms with Crippen LogP contribution in [0.3, 0.4) is 0 Å². The summed E-state index contributed by atoms with van der Waals surface area (Å²) in [5.74, 6) is 0. The molecule has 0 fully saturated rings. The van der Waals surface area contributed by atoms with Crippen LogP contribution in [-0.4, -0.2) is 6.26 Å². The maximum absolute atomic E-state index is 3.46. The molecule has 0 aromatic heterocycles. The van der Waals surface area contributed by atoms with Crippen molar-refractivity contribution in [3.63, 3.8) is 0 Å². The zero-order chi connectivity index (χ0) is 12.1. The molecular weight excluding hydrogens is 226 g/mol. The maximum Gasteiger partial charge on any atom is 0.0400 e. The molecule has 88 valence electrons. The number of nitrogens with one attached hydrogen (secondary N) is 1. The zero-order valence-electron chi connectivity index (χ0n) is 10.2. The molecule has 0 heterocycles. The van der Waals surface area contributed by atoms with Crippen molar-refractivity contribution in [3.05, 3.63) is 59.7 Å². The van der Waals surface area contributed by atoms with Gasteiger partial charge in [0.05, 0.1) is 0 Å². The molecule has 2 heteroatoms. The molecule has 17 heavy (non-hydrogen) atoms. The number of aryl methyl sites for hydroxylation is 1. The predicted molar refractivity (Wildman–Crippen MR) is 76.7 cm³/mol. The van der Waals surface area contributed by atoms with Gasteiger partial charge < -0.3 is 5.32 Å². The van der Waals surface area contributed by atoms with Gasteiger partial charge in [0, 0.05) is 17.1 Å². The first-order chi connectivity index (χ1) is 8.29. The lowest BCUT2D eigenvalue weighted by Crippen LogP contribution is -2.00. The standard InChI is InChI=1S/C15H17NS/c1-12-5-3-4-6-15(12)16-11-13-7-9-14(17-2)10-8-13/h3-10,16H,11H2,1-2H3. The molecule has 0 bridgehead atoms. The molecule has 0 saturated carbocycles. The summed E-state index contributed by atoms with van der Waals surface area (Å²) in [6.45, 7) is 3.00. The van der Waals surface area contributed by atoms with E-state index in [1.54, 1.807) is 11.8 Å². The molecular formula is C15H17NS. The molecule has 0 aliphatic rings. The highest BCUT2D eigenvalue weighted by Crippen LogP contribution is 2.17. The number of para-hydroxylation sites is 1. The minimum atomic E-state index is 0.875. The second kappa shape index (κ2) is 5.78. The molecule has 1 N–H and O–H groups in total. The van der Waals surface area contributed by atoms with Crippen LogP contribution in [0.15, 0.2) is 53.4 Å². The van der Waals surface area contributed by atoms with Crippen LogP contribution in [0.25, 0.3) is 0 Å². The Morgan fingerprint density at radius 3 is 2.35 bits per heavy atom. The first-order valence-electron chi connectivity index (χ1n) is 5.72. The van der Waals surface area contributed by atoms with Crippen LogP contribution in [0, 0.1) is 6.92 Å². The molecule has 0 radical (unpaired) electrons. The molecule has 2 aromatic rings. The van der Waals surface area contributed by atoms with Crippen molar-refractivity contribution in [2.24, 2.45) is 0 Å². The van der Waals surface area contributed by atoms with Crippen molar-refractivity contribution in [2.45, 2.75) is 18.4 Å². The van der Waals surface area contributed by atoms with Gasteiger partial charge in [0.25, 0.3) is 0 Å². The van der Waals surface area contributed by atoms with Gasteiger partial charge in [-0.3, -0.25) is 0 Å². The molecule has 0 atom stereocenters. The molecule has 0 saturated heterocycles. The highest BCUT2D eigenvalue weighted by molar-refractivity contribution is 7.98. The first-order valence-corrected chi connectivity index (χ1v) is 6.94. The summed E-state index contributed by atoms with van der Waals surface area (Å²) in [6, 6.07) is 17.1.